The predicted molar refractivity (Wildman–Crippen MR) is 64.3 cm³/mol. The van der Waals surface area contributed by atoms with E-state index in [1.807, 2.05) is 13.8 Å². The molecule has 0 aliphatic rings. The standard InChI is InChI=1S/C12H21NO4/c1-5-17-11(16)8-10(15)6-7-13(4)12(2,3)9-14/h6-7,14H,5,8-9H2,1-4H3/b7-6+. The van der Waals surface area contributed by atoms with E-state index in [-0.39, 0.29) is 25.4 Å². The van der Waals surface area contributed by atoms with E-state index in [0.717, 1.165) is 0 Å². The van der Waals surface area contributed by atoms with Gasteiger partial charge in [-0.25, -0.2) is 0 Å². The summed E-state index contributed by atoms with van der Waals surface area (Å²) in [4.78, 5) is 24.1. The van der Waals surface area contributed by atoms with Gasteiger partial charge < -0.3 is 14.7 Å². The SMILES string of the molecule is CCOC(=O)CC(=O)/C=C/N(C)C(C)(C)CO. The van der Waals surface area contributed by atoms with E-state index >= 15 is 0 Å². The fraction of sp³-hybridized carbons (Fsp3) is 0.667. The second-order valence-electron chi connectivity index (χ2n) is 4.35. The molecule has 0 aliphatic heterocycles. The van der Waals surface area contributed by atoms with Crippen LogP contribution in [0.2, 0.25) is 0 Å². The number of hydrogen-bond donors (Lipinski definition) is 1. The summed E-state index contributed by atoms with van der Waals surface area (Å²) < 4.78 is 4.66. The van der Waals surface area contributed by atoms with Crippen LogP contribution in [-0.4, -0.2) is 47.6 Å². The Kier molecular flexibility index (Phi) is 6.50. The molecule has 0 atom stereocenters. The van der Waals surface area contributed by atoms with Crippen LogP contribution in [0.3, 0.4) is 0 Å². The van der Waals surface area contributed by atoms with Gasteiger partial charge in [-0.2, -0.15) is 0 Å². The number of esters is 1. The molecular weight excluding hydrogens is 222 g/mol. The maximum absolute atomic E-state index is 11.4. The number of carbonyl (C=O) groups excluding carboxylic acids is 2. The summed E-state index contributed by atoms with van der Waals surface area (Å²) in [5.41, 5.74) is -0.444. The molecule has 0 saturated heterocycles. The number of ketones is 1. The first-order chi connectivity index (χ1) is 7.83. The number of likely N-dealkylation sites (N-methyl/N-ethyl adjacent to an activating group) is 1. The van der Waals surface area contributed by atoms with E-state index < -0.39 is 11.5 Å². The molecule has 5 heteroatoms. The van der Waals surface area contributed by atoms with Gasteiger partial charge in [0, 0.05) is 13.2 Å². The van der Waals surface area contributed by atoms with Crippen molar-refractivity contribution < 1.29 is 19.4 Å². The van der Waals surface area contributed by atoms with Crippen molar-refractivity contribution in [2.75, 3.05) is 20.3 Å². The Morgan fingerprint density at radius 2 is 2.00 bits per heavy atom. The van der Waals surface area contributed by atoms with Gasteiger partial charge in [0.05, 0.1) is 18.8 Å². The molecule has 0 saturated carbocycles. The Labute approximate surface area is 102 Å². The summed E-state index contributed by atoms with van der Waals surface area (Å²) in [6.07, 6.45) is 2.61. The minimum atomic E-state index is -0.522. The third-order valence-corrected chi connectivity index (χ3v) is 2.45. The first-order valence-electron chi connectivity index (χ1n) is 5.54. The van der Waals surface area contributed by atoms with Crippen LogP contribution >= 0.6 is 0 Å². The quantitative estimate of drug-likeness (QED) is 0.405. The monoisotopic (exact) mass is 243 g/mol. The normalized spacial score (nSPS) is 11.6. The van der Waals surface area contributed by atoms with Crippen LogP contribution in [-0.2, 0) is 14.3 Å². The van der Waals surface area contributed by atoms with Crippen molar-refractivity contribution in [2.24, 2.45) is 0 Å². The highest BCUT2D eigenvalue weighted by Crippen LogP contribution is 2.11. The zero-order valence-electron chi connectivity index (χ0n) is 10.9. The van der Waals surface area contributed by atoms with Crippen molar-refractivity contribution in [3.05, 3.63) is 12.3 Å². The molecule has 0 rings (SSSR count). The molecule has 0 aromatic heterocycles. The smallest absolute Gasteiger partial charge is 0.313 e. The lowest BCUT2D eigenvalue weighted by Crippen LogP contribution is -2.40. The van der Waals surface area contributed by atoms with Gasteiger partial charge in [-0.15, -0.1) is 0 Å². The summed E-state index contributed by atoms with van der Waals surface area (Å²) >= 11 is 0. The van der Waals surface area contributed by atoms with Crippen molar-refractivity contribution in [1.29, 1.82) is 0 Å². The zero-order valence-corrected chi connectivity index (χ0v) is 10.9. The second-order valence-corrected chi connectivity index (χ2v) is 4.35. The Bertz CT molecular complexity index is 297. The lowest BCUT2D eigenvalue weighted by Gasteiger charge is -2.32. The lowest BCUT2D eigenvalue weighted by molar-refractivity contribution is -0.144. The third-order valence-electron chi connectivity index (χ3n) is 2.45. The van der Waals surface area contributed by atoms with Crippen LogP contribution in [0.1, 0.15) is 27.2 Å². The fourth-order valence-electron chi connectivity index (χ4n) is 0.921. The molecule has 0 spiro atoms. The van der Waals surface area contributed by atoms with Crippen LogP contribution < -0.4 is 0 Å². The van der Waals surface area contributed by atoms with Crippen molar-refractivity contribution >= 4 is 11.8 Å². The van der Waals surface area contributed by atoms with Gasteiger partial charge in [-0.3, -0.25) is 9.59 Å². The maximum Gasteiger partial charge on any atom is 0.313 e. The fourth-order valence-corrected chi connectivity index (χ4v) is 0.921. The van der Waals surface area contributed by atoms with Crippen LogP contribution in [0.25, 0.3) is 0 Å². The zero-order chi connectivity index (χ0) is 13.5. The van der Waals surface area contributed by atoms with E-state index in [9.17, 15) is 9.59 Å². The molecule has 0 aliphatic carbocycles. The number of nitrogens with zero attached hydrogens (tertiary/aromatic N) is 1. The largest absolute Gasteiger partial charge is 0.466 e. The first kappa shape index (κ1) is 15.6. The molecule has 0 radical (unpaired) electrons. The average molecular weight is 243 g/mol. The predicted octanol–water partition coefficient (Wildman–Crippen LogP) is 0.725. The number of carbonyl (C=O) groups is 2. The van der Waals surface area contributed by atoms with Gasteiger partial charge in [0.25, 0.3) is 0 Å². The molecule has 0 amide bonds. The van der Waals surface area contributed by atoms with Crippen molar-refractivity contribution in [1.82, 2.24) is 4.90 Å². The topological polar surface area (TPSA) is 66.8 Å². The minimum Gasteiger partial charge on any atom is -0.466 e. The Morgan fingerprint density at radius 3 is 2.47 bits per heavy atom. The van der Waals surface area contributed by atoms with Gasteiger partial charge in [0.1, 0.15) is 6.42 Å². The molecule has 0 fully saturated rings. The summed E-state index contributed by atoms with van der Waals surface area (Å²) in [7, 11) is 1.75. The van der Waals surface area contributed by atoms with Crippen LogP contribution in [0.4, 0.5) is 0 Å². The minimum absolute atomic E-state index is 0.0279. The second kappa shape index (κ2) is 7.06. The van der Waals surface area contributed by atoms with E-state index in [0.29, 0.717) is 0 Å². The lowest BCUT2D eigenvalue weighted by atomic mass is 10.1. The molecule has 0 aromatic rings. The van der Waals surface area contributed by atoms with E-state index in [1.165, 1.54) is 6.08 Å². The van der Waals surface area contributed by atoms with Crippen molar-refractivity contribution in [3.63, 3.8) is 0 Å². The third kappa shape index (κ3) is 6.06. The Morgan fingerprint density at radius 1 is 1.41 bits per heavy atom. The number of aliphatic hydroxyl groups excluding tert-OH is 1. The molecule has 0 aromatic carbocycles. The van der Waals surface area contributed by atoms with Crippen LogP contribution in [0.15, 0.2) is 12.3 Å². The molecule has 17 heavy (non-hydrogen) atoms. The summed E-state index contributed by atoms with van der Waals surface area (Å²) in [6.45, 7) is 5.61. The molecular formula is C12H21NO4. The highest BCUT2D eigenvalue weighted by Gasteiger charge is 2.19. The molecule has 0 unspecified atom stereocenters. The molecule has 5 nitrogen and oxygen atoms in total. The van der Waals surface area contributed by atoms with Gasteiger partial charge in [0.15, 0.2) is 5.78 Å². The molecule has 0 heterocycles. The van der Waals surface area contributed by atoms with E-state index in [4.69, 9.17) is 5.11 Å². The highest BCUT2D eigenvalue weighted by molar-refractivity contribution is 6.01. The van der Waals surface area contributed by atoms with E-state index in [2.05, 4.69) is 4.74 Å². The van der Waals surface area contributed by atoms with Gasteiger partial charge in [0.2, 0.25) is 0 Å². The van der Waals surface area contributed by atoms with Crippen LogP contribution in [0, 0.1) is 0 Å². The number of hydrogen-bond acceptors (Lipinski definition) is 5. The molecule has 98 valence electrons. The maximum atomic E-state index is 11.4. The van der Waals surface area contributed by atoms with Gasteiger partial charge >= 0.3 is 5.97 Å². The molecule has 1 N–H and O–H groups in total. The summed E-state index contributed by atoms with van der Waals surface area (Å²) in [6, 6.07) is 0. The summed E-state index contributed by atoms with van der Waals surface area (Å²) in [5, 5.41) is 9.11. The van der Waals surface area contributed by atoms with Crippen LogP contribution in [0.5, 0.6) is 0 Å². The summed E-state index contributed by atoms with van der Waals surface area (Å²) in [5.74, 6) is -0.838. The number of allylic oxidation sites excluding steroid dienone is 1. The van der Waals surface area contributed by atoms with Gasteiger partial charge in [-0.05, 0) is 26.8 Å². The number of aliphatic hydroxyl groups is 1. The first-order valence-corrected chi connectivity index (χ1v) is 5.54. The average Bonchev–Trinajstić information content (AvgIpc) is 2.26. The molecule has 0 bridgehead atoms. The van der Waals surface area contributed by atoms with Gasteiger partial charge in [-0.1, -0.05) is 0 Å². The van der Waals surface area contributed by atoms with Crippen molar-refractivity contribution in [2.45, 2.75) is 32.7 Å². The number of rotatable bonds is 7. The Balaban J connectivity index is 4.25. The van der Waals surface area contributed by atoms with E-state index in [1.54, 1.807) is 25.1 Å². The Hall–Kier alpha value is -1.36. The highest BCUT2D eigenvalue weighted by atomic mass is 16.5. The van der Waals surface area contributed by atoms with Crippen molar-refractivity contribution in [3.8, 4) is 0 Å². The number of ether oxygens (including phenoxy) is 1.